The minimum Gasteiger partial charge on any atom is -0.334 e. The standard InChI is InChI=1S/C18H19NO3S/c1-12-15(11-23-18(22)19-9-5-2-6-10-19)17(21)14-8-4-3-7-13(14)16(12)20/h3-4,7-8H,2,5-6,9-11H2,1H3. The molecule has 1 aromatic rings. The third-order valence-corrected chi connectivity index (χ3v) is 5.38. The van der Waals surface area contributed by atoms with Crippen molar-refractivity contribution in [3.8, 4) is 0 Å². The van der Waals surface area contributed by atoms with Crippen molar-refractivity contribution in [1.29, 1.82) is 0 Å². The molecule has 0 aromatic heterocycles. The van der Waals surface area contributed by atoms with Crippen LogP contribution in [0.25, 0.3) is 0 Å². The molecule has 1 fully saturated rings. The van der Waals surface area contributed by atoms with Gasteiger partial charge in [0, 0.05) is 41.1 Å². The molecule has 1 heterocycles. The van der Waals surface area contributed by atoms with Crippen molar-refractivity contribution in [1.82, 2.24) is 4.90 Å². The lowest BCUT2D eigenvalue weighted by atomic mass is 9.85. The van der Waals surface area contributed by atoms with Crippen LogP contribution in [-0.4, -0.2) is 40.5 Å². The molecule has 3 rings (SSSR count). The normalized spacial score (nSPS) is 18.2. The molecule has 1 amide bonds. The lowest BCUT2D eigenvalue weighted by molar-refractivity contribution is 0.0975. The summed E-state index contributed by atoms with van der Waals surface area (Å²) in [4.78, 5) is 39.1. The molecule has 0 unspecified atom stereocenters. The molecule has 1 saturated heterocycles. The lowest BCUT2D eigenvalue weighted by Crippen LogP contribution is -2.33. The Labute approximate surface area is 139 Å². The third-order valence-electron chi connectivity index (χ3n) is 4.44. The minimum atomic E-state index is -0.128. The first-order chi connectivity index (χ1) is 11.1. The van der Waals surface area contributed by atoms with Crippen molar-refractivity contribution in [2.75, 3.05) is 18.8 Å². The van der Waals surface area contributed by atoms with E-state index in [4.69, 9.17) is 0 Å². The smallest absolute Gasteiger partial charge is 0.281 e. The average molecular weight is 329 g/mol. The van der Waals surface area contributed by atoms with Gasteiger partial charge in [-0.2, -0.15) is 0 Å². The molecule has 0 spiro atoms. The van der Waals surface area contributed by atoms with Crippen LogP contribution >= 0.6 is 11.8 Å². The number of likely N-dealkylation sites (tertiary alicyclic amines) is 1. The number of hydrogen-bond acceptors (Lipinski definition) is 4. The van der Waals surface area contributed by atoms with E-state index in [1.54, 1.807) is 31.2 Å². The summed E-state index contributed by atoms with van der Waals surface area (Å²) in [6.07, 6.45) is 3.25. The fourth-order valence-electron chi connectivity index (χ4n) is 3.03. The van der Waals surface area contributed by atoms with E-state index in [1.165, 1.54) is 6.42 Å². The van der Waals surface area contributed by atoms with E-state index in [9.17, 15) is 14.4 Å². The molecule has 0 saturated carbocycles. The van der Waals surface area contributed by atoms with Crippen molar-refractivity contribution in [3.05, 3.63) is 46.5 Å². The molecular formula is C18H19NO3S. The van der Waals surface area contributed by atoms with E-state index < -0.39 is 0 Å². The monoisotopic (exact) mass is 329 g/mol. The lowest BCUT2D eigenvalue weighted by Gasteiger charge is -2.26. The molecule has 0 atom stereocenters. The van der Waals surface area contributed by atoms with Crippen molar-refractivity contribution < 1.29 is 14.4 Å². The Morgan fingerprint density at radius 2 is 1.65 bits per heavy atom. The molecule has 1 aliphatic heterocycles. The maximum Gasteiger partial charge on any atom is 0.281 e. The molecular weight excluding hydrogens is 310 g/mol. The molecule has 0 radical (unpaired) electrons. The van der Waals surface area contributed by atoms with E-state index in [0.29, 0.717) is 22.3 Å². The molecule has 2 aliphatic rings. The summed E-state index contributed by atoms with van der Waals surface area (Å²) in [6, 6.07) is 6.88. The fourth-order valence-corrected chi connectivity index (χ4v) is 4.01. The zero-order chi connectivity index (χ0) is 16.4. The number of hydrogen-bond donors (Lipinski definition) is 0. The van der Waals surface area contributed by atoms with Gasteiger partial charge >= 0.3 is 0 Å². The van der Waals surface area contributed by atoms with Crippen LogP contribution in [0.15, 0.2) is 35.4 Å². The predicted molar refractivity (Wildman–Crippen MR) is 91.1 cm³/mol. The van der Waals surface area contributed by atoms with Gasteiger partial charge < -0.3 is 4.90 Å². The van der Waals surface area contributed by atoms with Crippen LogP contribution in [0, 0.1) is 0 Å². The molecule has 1 aliphatic carbocycles. The second kappa shape index (κ2) is 6.71. The highest BCUT2D eigenvalue weighted by atomic mass is 32.2. The number of Topliss-reactive ketones (excluding diaryl/α,β-unsaturated/α-hetero) is 2. The van der Waals surface area contributed by atoms with Gasteiger partial charge in [-0.15, -0.1) is 0 Å². The first-order valence-electron chi connectivity index (χ1n) is 7.89. The molecule has 120 valence electrons. The summed E-state index contributed by atoms with van der Waals surface area (Å²) in [5, 5.41) is 0.00380. The SMILES string of the molecule is CC1=C(CSC(=O)N2CCCCC2)C(=O)c2ccccc2C1=O. The second-order valence-electron chi connectivity index (χ2n) is 5.91. The Hall–Kier alpha value is -1.88. The number of nitrogens with zero attached hydrogens (tertiary/aromatic N) is 1. The molecule has 5 heteroatoms. The van der Waals surface area contributed by atoms with E-state index >= 15 is 0 Å². The Morgan fingerprint density at radius 1 is 1.04 bits per heavy atom. The van der Waals surface area contributed by atoms with E-state index in [-0.39, 0.29) is 22.6 Å². The van der Waals surface area contributed by atoms with Crippen LogP contribution in [0.1, 0.15) is 46.9 Å². The highest BCUT2D eigenvalue weighted by Crippen LogP contribution is 2.29. The highest BCUT2D eigenvalue weighted by molar-refractivity contribution is 8.13. The number of allylic oxidation sites excluding steroid dienone is 1. The second-order valence-corrected chi connectivity index (χ2v) is 6.84. The largest absolute Gasteiger partial charge is 0.334 e. The van der Waals surface area contributed by atoms with Crippen LogP contribution in [0.5, 0.6) is 0 Å². The summed E-state index contributed by atoms with van der Waals surface area (Å²) in [6.45, 7) is 3.26. The van der Waals surface area contributed by atoms with E-state index in [0.717, 1.165) is 37.7 Å². The van der Waals surface area contributed by atoms with Crippen LogP contribution in [0.3, 0.4) is 0 Å². The van der Waals surface area contributed by atoms with Gasteiger partial charge in [-0.1, -0.05) is 36.0 Å². The van der Waals surface area contributed by atoms with Gasteiger partial charge in [0.1, 0.15) is 0 Å². The van der Waals surface area contributed by atoms with E-state index in [2.05, 4.69) is 0 Å². The Bertz CT molecular complexity index is 702. The number of amides is 1. The summed E-state index contributed by atoms with van der Waals surface area (Å²) >= 11 is 1.13. The van der Waals surface area contributed by atoms with Crippen LogP contribution in [-0.2, 0) is 0 Å². The van der Waals surface area contributed by atoms with Crippen LogP contribution < -0.4 is 0 Å². The first kappa shape index (κ1) is 16.0. The summed E-state index contributed by atoms with van der Waals surface area (Å²) in [5.41, 5.74) is 1.84. The maximum absolute atomic E-state index is 12.6. The van der Waals surface area contributed by atoms with Gasteiger partial charge in [-0.25, -0.2) is 0 Å². The Kier molecular flexibility index (Phi) is 4.66. The number of carbonyl (C=O) groups excluding carboxylic acids is 3. The highest BCUT2D eigenvalue weighted by Gasteiger charge is 2.30. The average Bonchev–Trinajstić information content (AvgIpc) is 2.60. The van der Waals surface area contributed by atoms with Gasteiger partial charge in [0.25, 0.3) is 5.24 Å². The number of thioether (sulfide) groups is 1. The van der Waals surface area contributed by atoms with Gasteiger partial charge in [0.05, 0.1) is 0 Å². The van der Waals surface area contributed by atoms with Crippen molar-refractivity contribution in [2.24, 2.45) is 0 Å². The first-order valence-corrected chi connectivity index (χ1v) is 8.88. The van der Waals surface area contributed by atoms with Crippen molar-refractivity contribution >= 4 is 28.6 Å². The van der Waals surface area contributed by atoms with E-state index in [1.807, 2.05) is 4.90 Å². The van der Waals surface area contributed by atoms with Crippen molar-refractivity contribution in [3.63, 3.8) is 0 Å². The summed E-state index contributed by atoms with van der Waals surface area (Å²) < 4.78 is 0. The molecule has 23 heavy (non-hydrogen) atoms. The molecule has 4 nitrogen and oxygen atoms in total. The van der Waals surface area contributed by atoms with Crippen LogP contribution in [0.2, 0.25) is 0 Å². The number of ketones is 2. The number of fused-ring (bicyclic) bond motifs is 1. The summed E-state index contributed by atoms with van der Waals surface area (Å²) in [5.74, 6) is 0.0259. The fraction of sp³-hybridized carbons (Fsp3) is 0.389. The zero-order valence-electron chi connectivity index (χ0n) is 13.1. The van der Waals surface area contributed by atoms with Gasteiger partial charge in [-0.05, 0) is 26.2 Å². The zero-order valence-corrected chi connectivity index (χ0v) is 13.9. The number of benzene rings is 1. The quantitative estimate of drug-likeness (QED) is 0.830. The predicted octanol–water partition coefficient (Wildman–Crippen LogP) is 3.72. The third kappa shape index (κ3) is 3.11. The number of piperidine rings is 1. The summed E-state index contributed by atoms with van der Waals surface area (Å²) in [7, 11) is 0. The Morgan fingerprint density at radius 3 is 2.30 bits per heavy atom. The maximum atomic E-state index is 12.6. The molecule has 0 N–H and O–H groups in total. The Balaban J connectivity index is 1.75. The number of carbonyl (C=O) groups is 3. The number of rotatable bonds is 2. The molecule has 0 bridgehead atoms. The van der Waals surface area contributed by atoms with Crippen molar-refractivity contribution in [2.45, 2.75) is 26.2 Å². The minimum absolute atomic E-state index is 0.00380. The van der Waals surface area contributed by atoms with Crippen LogP contribution in [0.4, 0.5) is 4.79 Å². The topological polar surface area (TPSA) is 54.5 Å². The van der Waals surface area contributed by atoms with Gasteiger partial charge in [0.2, 0.25) is 0 Å². The van der Waals surface area contributed by atoms with Gasteiger partial charge in [-0.3, -0.25) is 14.4 Å². The molecule has 1 aromatic carbocycles. The van der Waals surface area contributed by atoms with Gasteiger partial charge in [0.15, 0.2) is 11.6 Å².